The molecule has 0 radical (unpaired) electrons. The van der Waals surface area contributed by atoms with Crippen LogP contribution >= 0.6 is 0 Å². The molecule has 2 aromatic carbocycles. The molecule has 0 amide bonds. The first kappa shape index (κ1) is 16.9. The molecule has 0 aliphatic carbocycles. The highest BCUT2D eigenvalue weighted by Crippen LogP contribution is 2.23. The minimum absolute atomic E-state index is 0.874. The number of para-hydroxylation sites is 2. The Labute approximate surface area is 139 Å². The van der Waals surface area contributed by atoms with E-state index in [0.29, 0.717) is 0 Å². The lowest BCUT2D eigenvalue weighted by atomic mass is 10.1. The predicted molar refractivity (Wildman–Crippen MR) is 102 cm³/mol. The molecule has 0 unspecified atom stereocenters. The summed E-state index contributed by atoms with van der Waals surface area (Å²) in [5.41, 5.74) is 9.16. The van der Waals surface area contributed by atoms with Crippen LogP contribution in [0.4, 0.5) is 11.4 Å². The number of allylic oxidation sites excluding steroid dienone is 2. The van der Waals surface area contributed by atoms with E-state index < -0.39 is 0 Å². The van der Waals surface area contributed by atoms with Crippen LogP contribution in [0.1, 0.15) is 29.2 Å². The smallest absolute Gasteiger partial charge is 0.0443 e. The Hall–Kier alpha value is -2.48. The van der Waals surface area contributed by atoms with Crippen LogP contribution in [0.15, 0.2) is 60.4 Å². The van der Waals surface area contributed by atoms with E-state index >= 15 is 0 Å². The molecule has 2 rings (SSSR count). The van der Waals surface area contributed by atoms with Crippen molar-refractivity contribution in [2.45, 2.75) is 34.6 Å². The third kappa shape index (κ3) is 4.26. The van der Waals surface area contributed by atoms with Crippen molar-refractivity contribution in [3.63, 3.8) is 0 Å². The first-order valence-electron chi connectivity index (χ1n) is 7.92. The van der Waals surface area contributed by atoms with E-state index in [1.807, 2.05) is 6.08 Å². The number of benzene rings is 2. The number of rotatable bonds is 5. The van der Waals surface area contributed by atoms with Crippen LogP contribution in [0, 0.1) is 27.7 Å². The van der Waals surface area contributed by atoms with Gasteiger partial charge in [0.1, 0.15) is 0 Å². The molecule has 0 bridgehead atoms. The maximum absolute atomic E-state index is 4.13. The lowest BCUT2D eigenvalue weighted by Crippen LogP contribution is -2.04. The van der Waals surface area contributed by atoms with Gasteiger partial charge in [-0.2, -0.15) is 0 Å². The van der Waals surface area contributed by atoms with Gasteiger partial charge in [0.05, 0.1) is 0 Å². The first-order chi connectivity index (χ1) is 10.9. The van der Waals surface area contributed by atoms with Crippen LogP contribution in [0.3, 0.4) is 0 Å². The Morgan fingerprint density at radius 1 is 0.783 bits per heavy atom. The van der Waals surface area contributed by atoms with Crippen molar-refractivity contribution in [2.75, 3.05) is 10.6 Å². The van der Waals surface area contributed by atoms with Gasteiger partial charge in [-0.25, -0.2) is 0 Å². The molecule has 2 N–H and O–H groups in total. The number of nitrogens with one attached hydrogen (secondary N) is 2. The molecule has 23 heavy (non-hydrogen) atoms. The Morgan fingerprint density at radius 2 is 1.17 bits per heavy atom. The van der Waals surface area contributed by atoms with E-state index in [-0.39, 0.29) is 0 Å². The Balaban J connectivity index is 2.13. The molecule has 0 saturated carbocycles. The van der Waals surface area contributed by atoms with Crippen LogP contribution in [-0.4, -0.2) is 0 Å². The summed E-state index contributed by atoms with van der Waals surface area (Å²) in [5, 5.41) is 6.90. The minimum atomic E-state index is 0.874. The highest BCUT2D eigenvalue weighted by Gasteiger charge is 2.04. The quantitative estimate of drug-likeness (QED) is 0.676. The van der Waals surface area contributed by atoms with E-state index in [0.717, 1.165) is 17.1 Å². The Kier molecular flexibility index (Phi) is 5.28. The summed E-state index contributed by atoms with van der Waals surface area (Å²) < 4.78 is 0. The minimum Gasteiger partial charge on any atom is -0.359 e. The van der Waals surface area contributed by atoms with Gasteiger partial charge in [0.15, 0.2) is 0 Å². The van der Waals surface area contributed by atoms with Gasteiger partial charge in [-0.15, -0.1) is 0 Å². The van der Waals surface area contributed by atoms with Gasteiger partial charge >= 0.3 is 0 Å². The summed E-state index contributed by atoms with van der Waals surface area (Å²) in [7, 11) is 0. The van der Waals surface area contributed by atoms with Crippen molar-refractivity contribution in [3.8, 4) is 0 Å². The second-order valence-corrected chi connectivity index (χ2v) is 6.14. The summed E-state index contributed by atoms with van der Waals surface area (Å²) >= 11 is 0. The molecule has 0 saturated heterocycles. The average Bonchev–Trinajstić information content (AvgIpc) is 2.47. The van der Waals surface area contributed by atoms with Crippen molar-refractivity contribution in [2.24, 2.45) is 0 Å². The number of hydrogen-bond acceptors (Lipinski definition) is 2. The molecule has 0 spiro atoms. The van der Waals surface area contributed by atoms with Gasteiger partial charge in [0, 0.05) is 22.8 Å². The van der Waals surface area contributed by atoms with Crippen LogP contribution in [0.25, 0.3) is 0 Å². The second-order valence-electron chi connectivity index (χ2n) is 6.14. The van der Waals surface area contributed by atoms with Crippen molar-refractivity contribution in [1.82, 2.24) is 0 Å². The Morgan fingerprint density at radius 3 is 1.61 bits per heavy atom. The van der Waals surface area contributed by atoms with Gasteiger partial charge in [-0.05, 0) is 62.9 Å². The van der Waals surface area contributed by atoms with Crippen molar-refractivity contribution >= 4 is 11.4 Å². The van der Waals surface area contributed by atoms with E-state index in [2.05, 4.69) is 88.2 Å². The molecule has 0 aliphatic heterocycles. The summed E-state index contributed by atoms with van der Waals surface area (Å²) in [6.07, 6.45) is 2.04. The third-order valence-corrected chi connectivity index (χ3v) is 3.96. The van der Waals surface area contributed by atoms with Crippen molar-refractivity contribution in [1.29, 1.82) is 0 Å². The van der Waals surface area contributed by atoms with Gasteiger partial charge in [0.2, 0.25) is 0 Å². The normalized spacial score (nSPS) is 11.3. The first-order valence-corrected chi connectivity index (χ1v) is 7.92. The zero-order valence-electron chi connectivity index (χ0n) is 14.7. The fourth-order valence-electron chi connectivity index (χ4n) is 2.71. The zero-order chi connectivity index (χ0) is 17.0. The summed E-state index contributed by atoms with van der Waals surface area (Å²) in [6, 6.07) is 12.6. The molecule has 0 fully saturated rings. The molecule has 0 atom stereocenters. The van der Waals surface area contributed by atoms with Crippen molar-refractivity contribution in [3.05, 3.63) is 82.7 Å². The molecule has 2 heteroatoms. The summed E-state index contributed by atoms with van der Waals surface area (Å²) in [4.78, 5) is 0. The van der Waals surface area contributed by atoms with Crippen molar-refractivity contribution < 1.29 is 0 Å². The van der Waals surface area contributed by atoms with E-state index in [4.69, 9.17) is 0 Å². The summed E-state index contributed by atoms with van der Waals surface area (Å²) in [6.45, 7) is 14.6. The number of hydrogen-bond donors (Lipinski definition) is 2. The third-order valence-electron chi connectivity index (χ3n) is 3.96. The maximum Gasteiger partial charge on any atom is 0.0443 e. The monoisotopic (exact) mass is 306 g/mol. The fourth-order valence-corrected chi connectivity index (χ4v) is 2.71. The van der Waals surface area contributed by atoms with E-state index in [9.17, 15) is 0 Å². The molecular formula is C21H26N2. The van der Waals surface area contributed by atoms with E-state index in [1.165, 1.54) is 27.9 Å². The van der Waals surface area contributed by atoms with Crippen LogP contribution in [-0.2, 0) is 0 Å². The number of aryl methyl sites for hydroxylation is 4. The van der Waals surface area contributed by atoms with Crippen LogP contribution in [0.5, 0.6) is 0 Å². The second kappa shape index (κ2) is 7.19. The summed E-state index contributed by atoms with van der Waals surface area (Å²) in [5.74, 6) is 0. The molecule has 2 nitrogen and oxygen atoms in total. The predicted octanol–water partition coefficient (Wildman–Crippen LogP) is 5.86. The lowest BCUT2D eigenvalue weighted by Gasteiger charge is -2.15. The molecule has 2 aromatic rings. The van der Waals surface area contributed by atoms with Gasteiger partial charge < -0.3 is 10.6 Å². The average molecular weight is 306 g/mol. The molecule has 0 aliphatic rings. The molecule has 120 valence electrons. The van der Waals surface area contributed by atoms with Gasteiger partial charge in [-0.3, -0.25) is 0 Å². The van der Waals surface area contributed by atoms with E-state index in [1.54, 1.807) is 0 Å². The molecule has 0 heterocycles. The zero-order valence-corrected chi connectivity index (χ0v) is 14.7. The topological polar surface area (TPSA) is 24.1 Å². The fraction of sp³-hybridized carbons (Fsp3) is 0.238. The maximum atomic E-state index is 4.13. The highest BCUT2D eigenvalue weighted by molar-refractivity contribution is 5.63. The Bertz CT molecular complexity index is 714. The van der Waals surface area contributed by atoms with Crippen LogP contribution < -0.4 is 10.6 Å². The largest absolute Gasteiger partial charge is 0.359 e. The SMILES string of the molecule is C=C(/C=C(\C)Nc1c(C)cccc1C)Nc1c(C)cccc1C. The molecular weight excluding hydrogens is 280 g/mol. The standard InChI is InChI=1S/C21H26N2/c1-14-9-7-10-15(2)20(14)22-18(5)13-19(6)23-21-16(3)11-8-12-17(21)4/h7-13,22-23H,5H2,1-4,6H3/b19-13+. The number of anilines is 2. The van der Waals surface area contributed by atoms with Crippen LogP contribution in [0.2, 0.25) is 0 Å². The lowest BCUT2D eigenvalue weighted by molar-refractivity contribution is 1.28. The van der Waals surface area contributed by atoms with Gasteiger partial charge in [-0.1, -0.05) is 43.0 Å². The molecule has 0 aromatic heterocycles. The van der Waals surface area contributed by atoms with Gasteiger partial charge in [0.25, 0.3) is 0 Å². The highest BCUT2D eigenvalue weighted by atomic mass is 14.9.